The Morgan fingerprint density at radius 1 is 0.923 bits per heavy atom. The molecule has 202 valence electrons. The average molecular weight is 536 g/mol. The number of carbonyl (C=O) groups excluding carboxylic acids is 1. The van der Waals surface area contributed by atoms with Crippen molar-refractivity contribution in [3.05, 3.63) is 105 Å². The molecule has 39 heavy (non-hydrogen) atoms. The van der Waals surface area contributed by atoms with Crippen LogP contribution in [0, 0.1) is 0 Å². The number of para-hydroxylation sites is 1. The second kappa shape index (κ2) is 11.3. The molecule has 0 bridgehead atoms. The zero-order valence-corrected chi connectivity index (χ0v) is 21.2. The maximum Gasteiger partial charge on any atom is 0.416 e. The molecular formula is C29H28F3N5O2. The lowest BCUT2D eigenvalue weighted by Gasteiger charge is -2.35. The summed E-state index contributed by atoms with van der Waals surface area (Å²) in [5, 5.41) is 3.72. The maximum atomic E-state index is 13.0. The predicted molar refractivity (Wildman–Crippen MR) is 144 cm³/mol. The number of hydrogen-bond donors (Lipinski definition) is 2. The number of aromatic nitrogens is 2. The predicted octanol–water partition coefficient (Wildman–Crippen LogP) is 4.24. The number of nitrogens with one attached hydrogen (secondary N) is 2. The third kappa shape index (κ3) is 6.28. The topological polar surface area (TPSA) is 81.3 Å². The van der Waals surface area contributed by atoms with Gasteiger partial charge in [0.1, 0.15) is 0 Å². The van der Waals surface area contributed by atoms with Crippen LogP contribution >= 0.6 is 0 Å². The highest BCUT2D eigenvalue weighted by atomic mass is 19.4. The lowest BCUT2D eigenvalue weighted by atomic mass is 10.1. The van der Waals surface area contributed by atoms with Crippen molar-refractivity contribution in [1.82, 2.24) is 20.2 Å². The van der Waals surface area contributed by atoms with Gasteiger partial charge in [-0.25, -0.2) is 4.98 Å². The largest absolute Gasteiger partial charge is 0.416 e. The summed E-state index contributed by atoms with van der Waals surface area (Å²) in [4.78, 5) is 36.6. The molecule has 2 N–H and O–H groups in total. The van der Waals surface area contributed by atoms with Crippen molar-refractivity contribution in [2.45, 2.75) is 19.1 Å². The van der Waals surface area contributed by atoms with Crippen LogP contribution in [-0.2, 0) is 19.1 Å². The first kappa shape index (κ1) is 26.4. The van der Waals surface area contributed by atoms with Crippen molar-refractivity contribution in [3.63, 3.8) is 0 Å². The number of benzene rings is 3. The molecule has 0 atom stereocenters. The number of hydrogen-bond acceptors (Lipinski definition) is 5. The summed E-state index contributed by atoms with van der Waals surface area (Å²) in [6, 6.07) is 19.9. The first-order chi connectivity index (χ1) is 18.8. The molecule has 0 spiro atoms. The Balaban J connectivity index is 1.10. The van der Waals surface area contributed by atoms with Gasteiger partial charge < -0.3 is 15.1 Å². The smallest absolute Gasteiger partial charge is 0.339 e. The number of fused-ring (bicyclic) bond motifs is 1. The second-order valence-corrected chi connectivity index (χ2v) is 9.51. The Kier molecular flexibility index (Phi) is 7.65. The van der Waals surface area contributed by atoms with Crippen LogP contribution in [-0.4, -0.2) is 53.5 Å². The zero-order valence-electron chi connectivity index (χ0n) is 21.2. The molecule has 4 aromatic rings. The van der Waals surface area contributed by atoms with E-state index >= 15 is 0 Å². The summed E-state index contributed by atoms with van der Waals surface area (Å²) in [5.74, 6) is 0.459. The Labute approximate surface area is 223 Å². The molecule has 2 heterocycles. The van der Waals surface area contributed by atoms with Crippen LogP contribution in [0.4, 0.5) is 19.1 Å². The van der Waals surface area contributed by atoms with E-state index in [1.807, 2.05) is 29.2 Å². The fraction of sp³-hybridized carbons (Fsp3) is 0.276. The van der Waals surface area contributed by atoms with Crippen molar-refractivity contribution in [2.75, 3.05) is 37.6 Å². The second-order valence-electron chi connectivity index (χ2n) is 9.51. The summed E-state index contributed by atoms with van der Waals surface area (Å²) in [5.41, 5.74) is 2.01. The van der Waals surface area contributed by atoms with E-state index in [9.17, 15) is 22.8 Å². The molecule has 1 aromatic heterocycles. The van der Waals surface area contributed by atoms with Crippen molar-refractivity contribution >= 4 is 22.8 Å². The lowest BCUT2D eigenvalue weighted by Crippen LogP contribution is -2.49. The molecule has 7 nitrogen and oxygen atoms in total. The molecule has 1 aliphatic rings. The van der Waals surface area contributed by atoms with Gasteiger partial charge in [-0.2, -0.15) is 13.2 Å². The van der Waals surface area contributed by atoms with Crippen molar-refractivity contribution in [3.8, 4) is 0 Å². The molecular weight excluding hydrogens is 507 g/mol. The molecule has 0 aliphatic carbocycles. The quantitative estimate of drug-likeness (QED) is 0.346. The van der Waals surface area contributed by atoms with Gasteiger partial charge in [0.15, 0.2) is 0 Å². The summed E-state index contributed by atoms with van der Waals surface area (Å²) < 4.78 is 38.6. The van der Waals surface area contributed by atoms with E-state index in [0.29, 0.717) is 73.7 Å². The van der Waals surface area contributed by atoms with Crippen LogP contribution in [0.2, 0.25) is 0 Å². The third-order valence-electron chi connectivity index (χ3n) is 6.84. The number of aromatic amines is 1. The number of halogens is 3. The van der Waals surface area contributed by atoms with Gasteiger partial charge in [0.05, 0.1) is 16.5 Å². The summed E-state index contributed by atoms with van der Waals surface area (Å²) in [6.45, 7) is 3.07. The number of H-pyrrole nitrogens is 1. The normalized spacial score (nSPS) is 14.1. The van der Waals surface area contributed by atoms with Crippen LogP contribution in [0.5, 0.6) is 0 Å². The van der Waals surface area contributed by atoms with Gasteiger partial charge >= 0.3 is 6.18 Å². The van der Waals surface area contributed by atoms with Crippen molar-refractivity contribution in [2.24, 2.45) is 0 Å². The van der Waals surface area contributed by atoms with Gasteiger partial charge in [-0.1, -0.05) is 42.5 Å². The first-order valence-corrected chi connectivity index (χ1v) is 12.8. The summed E-state index contributed by atoms with van der Waals surface area (Å²) in [6.07, 6.45) is -3.67. The zero-order chi connectivity index (χ0) is 27.4. The molecule has 1 aliphatic heterocycles. The number of piperazine rings is 1. The van der Waals surface area contributed by atoms with E-state index in [1.54, 1.807) is 35.2 Å². The number of carbonyl (C=O) groups is 1. The SMILES string of the molecule is O=C(c1ccc(CCNCc2cccc(C(F)(F)F)c2)cc1)N1CCN(c2nc3ccccc3c(=O)[nH]2)CC1. The number of alkyl halides is 3. The van der Waals surface area contributed by atoms with Gasteiger partial charge in [-0.05, 0) is 54.4 Å². The monoisotopic (exact) mass is 535 g/mol. The number of amides is 1. The van der Waals surface area contributed by atoms with E-state index in [0.717, 1.165) is 17.7 Å². The molecule has 0 radical (unpaired) electrons. The highest BCUT2D eigenvalue weighted by Gasteiger charge is 2.30. The molecule has 10 heteroatoms. The van der Waals surface area contributed by atoms with E-state index < -0.39 is 11.7 Å². The fourth-order valence-electron chi connectivity index (χ4n) is 4.66. The number of anilines is 1. The highest BCUT2D eigenvalue weighted by molar-refractivity contribution is 5.94. The third-order valence-corrected chi connectivity index (χ3v) is 6.84. The van der Waals surface area contributed by atoms with Crippen LogP contribution in [0.1, 0.15) is 27.0 Å². The van der Waals surface area contributed by atoms with Crippen molar-refractivity contribution in [1.29, 1.82) is 0 Å². The fourth-order valence-corrected chi connectivity index (χ4v) is 4.66. The minimum atomic E-state index is -4.35. The minimum absolute atomic E-state index is 0.0520. The van der Waals surface area contributed by atoms with Gasteiger partial charge in [-0.15, -0.1) is 0 Å². The minimum Gasteiger partial charge on any atom is -0.339 e. The van der Waals surface area contributed by atoms with Gasteiger partial charge in [0.25, 0.3) is 11.5 Å². The highest BCUT2D eigenvalue weighted by Crippen LogP contribution is 2.29. The van der Waals surface area contributed by atoms with Crippen LogP contribution in [0.15, 0.2) is 77.6 Å². The summed E-state index contributed by atoms with van der Waals surface area (Å²) >= 11 is 0. The average Bonchev–Trinajstić information content (AvgIpc) is 2.95. The number of rotatable bonds is 7. The van der Waals surface area contributed by atoms with Gasteiger partial charge in [0.2, 0.25) is 5.95 Å². The Hall–Kier alpha value is -4.18. The van der Waals surface area contributed by atoms with Crippen molar-refractivity contribution < 1.29 is 18.0 Å². The molecule has 3 aromatic carbocycles. The van der Waals surface area contributed by atoms with Crippen LogP contribution in [0.25, 0.3) is 10.9 Å². The van der Waals surface area contributed by atoms with E-state index in [1.165, 1.54) is 6.07 Å². The lowest BCUT2D eigenvalue weighted by molar-refractivity contribution is -0.137. The molecule has 0 unspecified atom stereocenters. The molecule has 1 fully saturated rings. The molecule has 1 saturated heterocycles. The summed E-state index contributed by atoms with van der Waals surface area (Å²) in [7, 11) is 0. The standard InChI is InChI=1S/C29H28F3N5O2/c30-29(31,32)23-5-3-4-21(18-23)19-33-13-12-20-8-10-22(11-9-20)27(39)36-14-16-37(17-15-36)28-34-25-7-2-1-6-24(25)26(38)35-28/h1-11,18,33H,12-17,19H2,(H,34,35,38). The van der Waals surface area contributed by atoms with Crippen LogP contribution < -0.4 is 15.8 Å². The van der Waals surface area contributed by atoms with E-state index in [4.69, 9.17) is 0 Å². The molecule has 0 saturated carbocycles. The van der Waals surface area contributed by atoms with E-state index in [-0.39, 0.29) is 11.5 Å². The maximum absolute atomic E-state index is 13.0. The molecule has 5 rings (SSSR count). The van der Waals surface area contributed by atoms with Gasteiger partial charge in [-0.3, -0.25) is 14.6 Å². The first-order valence-electron chi connectivity index (χ1n) is 12.8. The van der Waals surface area contributed by atoms with Crippen LogP contribution in [0.3, 0.4) is 0 Å². The Morgan fingerprint density at radius 2 is 1.67 bits per heavy atom. The van der Waals surface area contributed by atoms with Gasteiger partial charge in [0, 0.05) is 38.3 Å². The Morgan fingerprint density at radius 3 is 2.41 bits per heavy atom. The number of nitrogens with zero attached hydrogens (tertiary/aromatic N) is 3. The molecule has 1 amide bonds. The van der Waals surface area contributed by atoms with E-state index in [2.05, 4.69) is 15.3 Å². The Bertz CT molecular complexity index is 1510.